The van der Waals surface area contributed by atoms with Gasteiger partial charge in [0.2, 0.25) is 0 Å². The summed E-state index contributed by atoms with van der Waals surface area (Å²) in [6.07, 6.45) is 5.95. The van der Waals surface area contributed by atoms with Gasteiger partial charge in [0, 0.05) is 38.5 Å². The van der Waals surface area contributed by atoms with Crippen molar-refractivity contribution >= 4 is 9.84 Å². The van der Waals surface area contributed by atoms with Gasteiger partial charge in [0.25, 0.3) is 0 Å². The van der Waals surface area contributed by atoms with Gasteiger partial charge in [-0.1, -0.05) is 0 Å². The standard InChI is InChI=1S/C14H23N3O3S/c1-21(18,19)13-8-15-16-14(13)12-2-5-17(10-12)9-11-3-6-20-7-4-11/h8,11-12H,2-7,9-10H2,1H3,(H,15,16). The molecule has 2 aliphatic rings. The molecule has 1 aromatic heterocycles. The summed E-state index contributed by atoms with van der Waals surface area (Å²) >= 11 is 0. The van der Waals surface area contributed by atoms with Gasteiger partial charge in [-0.05, 0) is 31.7 Å². The van der Waals surface area contributed by atoms with Crippen LogP contribution in [0.4, 0.5) is 0 Å². The summed E-state index contributed by atoms with van der Waals surface area (Å²) in [5.41, 5.74) is 0.784. The largest absolute Gasteiger partial charge is 0.381 e. The van der Waals surface area contributed by atoms with E-state index in [4.69, 9.17) is 4.74 Å². The minimum atomic E-state index is -3.20. The highest BCUT2D eigenvalue weighted by atomic mass is 32.2. The minimum absolute atomic E-state index is 0.247. The summed E-state index contributed by atoms with van der Waals surface area (Å²) in [7, 11) is -3.20. The molecule has 1 unspecified atom stereocenters. The maximum Gasteiger partial charge on any atom is 0.178 e. The van der Waals surface area contributed by atoms with Crippen molar-refractivity contribution in [2.24, 2.45) is 5.92 Å². The maximum atomic E-state index is 11.8. The highest BCUT2D eigenvalue weighted by Crippen LogP contribution is 2.31. The van der Waals surface area contributed by atoms with E-state index < -0.39 is 9.84 Å². The van der Waals surface area contributed by atoms with Crippen LogP contribution in [-0.2, 0) is 14.6 Å². The van der Waals surface area contributed by atoms with E-state index in [9.17, 15) is 8.42 Å². The average molecular weight is 313 g/mol. The quantitative estimate of drug-likeness (QED) is 0.898. The number of ether oxygens (including phenoxy) is 1. The molecule has 2 aliphatic heterocycles. The average Bonchev–Trinajstić information content (AvgIpc) is 3.07. The molecule has 7 heteroatoms. The van der Waals surface area contributed by atoms with Crippen molar-refractivity contribution in [3.63, 3.8) is 0 Å². The molecule has 0 saturated carbocycles. The molecule has 0 spiro atoms. The lowest BCUT2D eigenvalue weighted by Gasteiger charge is -2.26. The second-order valence-corrected chi connectivity index (χ2v) is 8.21. The molecule has 21 heavy (non-hydrogen) atoms. The Morgan fingerprint density at radius 1 is 1.38 bits per heavy atom. The lowest BCUT2D eigenvalue weighted by molar-refractivity contribution is 0.0553. The predicted octanol–water partition coefficient (Wildman–Crippen LogP) is 1.03. The van der Waals surface area contributed by atoms with Gasteiger partial charge < -0.3 is 9.64 Å². The van der Waals surface area contributed by atoms with Gasteiger partial charge >= 0.3 is 0 Å². The number of aromatic nitrogens is 2. The van der Waals surface area contributed by atoms with E-state index in [2.05, 4.69) is 15.1 Å². The van der Waals surface area contributed by atoms with Crippen molar-refractivity contribution in [2.45, 2.75) is 30.1 Å². The molecule has 1 atom stereocenters. The number of nitrogens with one attached hydrogen (secondary N) is 1. The zero-order chi connectivity index (χ0) is 14.9. The second-order valence-electron chi connectivity index (χ2n) is 6.22. The topological polar surface area (TPSA) is 75.3 Å². The zero-order valence-electron chi connectivity index (χ0n) is 12.4. The fourth-order valence-corrected chi connectivity index (χ4v) is 4.26. The first-order valence-corrected chi connectivity index (χ1v) is 9.46. The van der Waals surface area contributed by atoms with E-state index in [0.717, 1.165) is 57.8 Å². The van der Waals surface area contributed by atoms with Gasteiger partial charge in [-0.3, -0.25) is 5.10 Å². The molecule has 0 amide bonds. The number of likely N-dealkylation sites (tertiary alicyclic amines) is 1. The van der Waals surface area contributed by atoms with E-state index in [1.54, 1.807) is 0 Å². The minimum Gasteiger partial charge on any atom is -0.381 e. The number of H-pyrrole nitrogens is 1. The van der Waals surface area contributed by atoms with Gasteiger partial charge in [-0.25, -0.2) is 8.42 Å². The molecule has 0 aliphatic carbocycles. The van der Waals surface area contributed by atoms with E-state index in [1.807, 2.05) is 0 Å². The van der Waals surface area contributed by atoms with Crippen LogP contribution in [0, 0.1) is 5.92 Å². The van der Waals surface area contributed by atoms with Crippen LogP contribution in [0.3, 0.4) is 0 Å². The molecular weight excluding hydrogens is 290 g/mol. The fraction of sp³-hybridized carbons (Fsp3) is 0.786. The van der Waals surface area contributed by atoms with Gasteiger partial charge in [-0.2, -0.15) is 5.10 Å². The van der Waals surface area contributed by atoms with Crippen LogP contribution in [0.5, 0.6) is 0 Å². The van der Waals surface area contributed by atoms with Crippen LogP contribution in [-0.4, -0.2) is 62.6 Å². The number of sulfone groups is 1. The van der Waals surface area contributed by atoms with Crippen molar-refractivity contribution < 1.29 is 13.2 Å². The molecule has 1 aromatic rings. The Labute approximate surface area is 125 Å². The Morgan fingerprint density at radius 3 is 2.86 bits per heavy atom. The van der Waals surface area contributed by atoms with Gasteiger partial charge in [0.15, 0.2) is 9.84 Å². The van der Waals surface area contributed by atoms with Gasteiger partial charge in [0.1, 0.15) is 4.90 Å². The summed E-state index contributed by atoms with van der Waals surface area (Å²) in [5, 5.41) is 6.84. The van der Waals surface area contributed by atoms with Crippen molar-refractivity contribution in [2.75, 3.05) is 39.1 Å². The third-order valence-corrected chi connectivity index (χ3v) is 5.69. The summed E-state index contributed by atoms with van der Waals surface area (Å²) in [6.45, 7) is 4.80. The Morgan fingerprint density at radius 2 is 2.14 bits per heavy atom. The third-order valence-electron chi connectivity index (χ3n) is 4.57. The Bertz CT molecular complexity index is 578. The zero-order valence-corrected chi connectivity index (χ0v) is 13.2. The van der Waals surface area contributed by atoms with E-state index in [0.29, 0.717) is 10.8 Å². The molecule has 0 aromatic carbocycles. The number of hydrogen-bond donors (Lipinski definition) is 1. The van der Waals surface area contributed by atoms with E-state index in [1.165, 1.54) is 12.5 Å². The third kappa shape index (κ3) is 3.46. The lowest BCUT2D eigenvalue weighted by Crippen LogP contribution is -2.30. The summed E-state index contributed by atoms with van der Waals surface area (Å²) < 4.78 is 29.0. The summed E-state index contributed by atoms with van der Waals surface area (Å²) in [6, 6.07) is 0. The molecule has 0 radical (unpaired) electrons. The predicted molar refractivity (Wildman–Crippen MR) is 79.0 cm³/mol. The van der Waals surface area contributed by atoms with Crippen LogP contribution in [0.2, 0.25) is 0 Å². The number of aromatic amines is 1. The molecule has 3 heterocycles. The molecule has 3 rings (SSSR count). The molecule has 2 fully saturated rings. The first kappa shape index (κ1) is 15.0. The van der Waals surface area contributed by atoms with Crippen LogP contribution >= 0.6 is 0 Å². The van der Waals surface area contributed by atoms with Crippen LogP contribution < -0.4 is 0 Å². The summed E-state index contributed by atoms with van der Waals surface area (Å²) in [5.74, 6) is 0.964. The maximum absolute atomic E-state index is 11.8. The van der Waals surface area contributed by atoms with Crippen molar-refractivity contribution in [1.82, 2.24) is 15.1 Å². The molecule has 2 saturated heterocycles. The van der Waals surface area contributed by atoms with Gasteiger partial charge in [-0.15, -0.1) is 0 Å². The number of rotatable bonds is 4. The van der Waals surface area contributed by atoms with Crippen LogP contribution in [0.25, 0.3) is 0 Å². The molecule has 118 valence electrons. The SMILES string of the molecule is CS(=O)(=O)c1cn[nH]c1C1CCN(CC2CCOCC2)C1. The molecule has 6 nitrogen and oxygen atoms in total. The first-order valence-electron chi connectivity index (χ1n) is 7.57. The number of hydrogen-bond acceptors (Lipinski definition) is 5. The summed E-state index contributed by atoms with van der Waals surface area (Å²) in [4.78, 5) is 2.81. The monoisotopic (exact) mass is 313 g/mol. The molecule has 1 N–H and O–H groups in total. The van der Waals surface area contributed by atoms with Crippen LogP contribution in [0.1, 0.15) is 30.9 Å². The van der Waals surface area contributed by atoms with Crippen molar-refractivity contribution in [1.29, 1.82) is 0 Å². The second kappa shape index (κ2) is 6.06. The van der Waals surface area contributed by atoms with E-state index >= 15 is 0 Å². The van der Waals surface area contributed by atoms with Gasteiger partial charge in [0.05, 0.1) is 11.9 Å². The number of nitrogens with zero attached hydrogens (tertiary/aromatic N) is 2. The van der Waals surface area contributed by atoms with E-state index in [-0.39, 0.29) is 5.92 Å². The highest BCUT2D eigenvalue weighted by Gasteiger charge is 2.30. The Balaban J connectivity index is 1.63. The first-order chi connectivity index (χ1) is 10.0. The van der Waals surface area contributed by atoms with Crippen molar-refractivity contribution in [3.05, 3.63) is 11.9 Å². The van der Waals surface area contributed by atoms with Crippen molar-refractivity contribution in [3.8, 4) is 0 Å². The molecule has 0 bridgehead atoms. The normalized spacial score (nSPS) is 25.5. The smallest absolute Gasteiger partial charge is 0.178 e. The van der Waals surface area contributed by atoms with Crippen LogP contribution in [0.15, 0.2) is 11.1 Å². The fourth-order valence-electron chi connectivity index (χ4n) is 3.40. The lowest BCUT2D eigenvalue weighted by atomic mass is 10.00. The Kier molecular flexibility index (Phi) is 4.33. The molecular formula is C14H23N3O3S. The Hall–Kier alpha value is -0.920. The highest BCUT2D eigenvalue weighted by molar-refractivity contribution is 7.90.